The van der Waals surface area contributed by atoms with Gasteiger partial charge < -0.3 is 43.9 Å². The van der Waals surface area contributed by atoms with E-state index < -0.39 is 37.0 Å². The van der Waals surface area contributed by atoms with Crippen LogP contribution in [0.3, 0.4) is 0 Å². The third-order valence-corrected chi connectivity index (χ3v) is 6.36. The molecule has 0 fully saturated rings. The highest BCUT2D eigenvalue weighted by atomic mass is 16.7. The van der Waals surface area contributed by atoms with Crippen LogP contribution in [0.5, 0.6) is 23.0 Å². The van der Waals surface area contributed by atoms with Crippen molar-refractivity contribution in [3.63, 3.8) is 0 Å². The third kappa shape index (κ3) is 3.43. The average molecular weight is 485 g/mol. The standard InChI is InChI=1S/C24H23NO10/c1-32-16-3-10-13(6-17(16)33-2)24(31)25(7-14(27)23(30)15(28)8-26)21-11-4-18-19(35-9-34-18)5-12(11)22(29)20(10)21/h3-6,14-15,23,26-28,30H,7-9H2,1-2H3/t14-,15+,23+/m0/s1. The van der Waals surface area contributed by atoms with E-state index in [4.69, 9.17) is 24.1 Å². The number of nitrogens with zero attached hydrogens (tertiary/aromatic N) is 1. The van der Waals surface area contributed by atoms with Crippen LogP contribution in [0.2, 0.25) is 0 Å². The van der Waals surface area contributed by atoms with Crippen molar-refractivity contribution in [2.24, 2.45) is 0 Å². The second-order valence-corrected chi connectivity index (χ2v) is 8.28. The van der Waals surface area contributed by atoms with Gasteiger partial charge >= 0.3 is 0 Å². The molecule has 35 heavy (non-hydrogen) atoms. The summed E-state index contributed by atoms with van der Waals surface area (Å²) >= 11 is 0. The molecule has 0 amide bonds. The fourth-order valence-electron chi connectivity index (χ4n) is 4.58. The van der Waals surface area contributed by atoms with E-state index in [0.29, 0.717) is 28.2 Å². The number of ether oxygens (including phenoxy) is 4. The highest BCUT2D eigenvalue weighted by molar-refractivity contribution is 6.27. The minimum atomic E-state index is -1.74. The summed E-state index contributed by atoms with van der Waals surface area (Å²) in [5, 5.41) is 40.2. The number of hydrogen-bond acceptors (Lipinski definition) is 10. The molecule has 0 unspecified atom stereocenters. The maximum atomic E-state index is 13.7. The SMILES string of the molecule is COc1cc2c3c(n(C[C@H](O)[C@@H](O)[C@H](O)CO)c(=O)c2cc1OC)-c1cc2c(cc1C3=O)OCO2. The van der Waals surface area contributed by atoms with Crippen molar-refractivity contribution in [1.82, 2.24) is 4.57 Å². The Kier molecular flexibility index (Phi) is 5.64. The second-order valence-electron chi connectivity index (χ2n) is 8.28. The molecule has 0 bridgehead atoms. The van der Waals surface area contributed by atoms with E-state index >= 15 is 0 Å². The first-order valence-corrected chi connectivity index (χ1v) is 10.8. The lowest BCUT2D eigenvalue weighted by Gasteiger charge is -2.24. The van der Waals surface area contributed by atoms with Crippen molar-refractivity contribution in [2.45, 2.75) is 24.9 Å². The zero-order valence-electron chi connectivity index (χ0n) is 18.8. The number of rotatable bonds is 7. The number of pyridine rings is 1. The zero-order chi connectivity index (χ0) is 25.0. The number of hydrogen-bond donors (Lipinski definition) is 4. The lowest BCUT2D eigenvalue weighted by atomic mass is 10.0. The summed E-state index contributed by atoms with van der Waals surface area (Å²) in [7, 11) is 2.85. The van der Waals surface area contributed by atoms with Crippen LogP contribution in [0.1, 0.15) is 15.9 Å². The van der Waals surface area contributed by atoms with Crippen molar-refractivity contribution >= 4 is 16.6 Å². The summed E-state index contributed by atoms with van der Waals surface area (Å²) in [5.41, 5.74) is 0.529. The molecule has 184 valence electrons. The summed E-state index contributed by atoms with van der Waals surface area (Å²) in [6, 6.07) is 6.13. The topological polar surface area (TPSA) is 157 Å². The monoisotopic (exact) mass is 485 g/mol. The molecule has 0 spiro atoms. The van der Waals surface area contributed by atoms with Gasteiger partial charge in [0.25, 0.3) is 5.56 Å². The summed E-state index contributed by atoms with van der Waals surface area (Å²) in [5.74, 6) is 1.00. The number of carbonyl (C=O) groups excluding carboxylic acids is 1. The molecule has 0 radical (unpaired) electrons. The zero-order valence-corrected chi connectivity index (χ0v) is 18.8. The van der Waals surface area contributed by atoms with Gasteiger partial charge in [-0.2, -0.15) is 0 Å². The molecule has 3 atom stereocenters. The Balaban J connectivity index is 1.81. The third-order valence-electron chi connectivity index (χ3n) is 6.36. The van der Waals surface area contributed by atoms with Crippen molar-refractivity contribution < 1.29 is 44.2 Å². The Morgan fingerprint density at radius 3 is 2.11 bits per heavy atom. The van der Waals surface area contributed by atoms with Gasteiger partial charge in [-0.25, -0.2) is 0 Å². The number of benzene rings is 2. The second kappa shape index (κ2) is 8.54. The van der Waals surface area contributed by atoms with Crippen LogP contribution >= 0.6 is 0 Å². The molecule has 1 aliphatic heterocycles. The van der Waals surface area contributed by atoms with Crippen LogP contribution in [0.4, 0.5) is 0 Å². The van der Waals surface area contributed by atoms with Crippen molar-refractivity contribution in [2.75, 3.05) is 27.6 Å². The first kappa shape index (κ1) is 23.1. The molecule has 2 aliphatic rings. The fourth-order valence-corrected chi connectivity index (χ4v) is 4.58. The van der Waals surface area contributed by atoms with Gasteiger partial charge in [-0.05, 0) is 24.3 Å². The molecule has 4 N–H and O–H groups in total. The number of aliphatic hydroxyl groups is 4. The molecule has 11 heteroatoms. The van der Waals surface area contributed by atoms with Crippen LogP contribution in [-0.2, 0) is 6.54 Å². The first-order valence-electron chi connectivity index (χ1n) is 10.8. The van der Waals surface area contributed by atoms with Crippen LogP contribution in [-0.4, -0.2) is 76.7 Å². The quantitative estimate of drug-likeness (QED) is 0.282. The van der Waals surface area contributed by atoms with Gasteiger partial charge in [-0.15, -0.1) is 0 Å². The normalized spacial score (nSPS) is 16.1. The largest absolute Gasteiger partial charge is 0.493 e. The van der Waals surface area contributed by atoms with E-state index in [0.717, 1.165) is 0 Å². The van der Waals surface area contributed by atoms with Gasteiger partial charge in [0, 0.05) is 16.5 Å². The van der Waals surface area contributed by atoms with E-state index in [2.05, 4.69) is 0 Å². The Morgan fingerprint density at radius 2 is 1.51 bits per heavy atom. The van der Waals surface area contributed by atoms with Crippen LogP contribution in [0, 0.1) is 0 Å². The van der Waals surface area contributed by atoms with Crippen molar-refractivity contribution in [1.29, 1.82) is 0 Å². The van der Waals surface area contributed by atoms with E-state index in [9.17, 15) is 24.9 Å². The van der Waals surface area contributed by atoms with Crippen LogP contribution < -0.4 is 24.5 Å². The molecular formula is C24H23NO10. The minimum Gasteiger partial charge on any atom is -0.493 e. The highest BCUT2D eigenvalue weighted by Gasteiger charge is 2.37. The van der Waals surface area contributed by atoms with E-state index in [-0.39, 0.29) is 40.5 Å². The van der Waals surface area contributed by atoms with Gasteiger partial charge in [0.1, 0.15) is 18.3 Å². The Labute approximate surface area is 198 Å². The summed E-state index contributed by atoms with van der Waals surface area (Å²) < 4.78 is 22.7. The molecule has 11 nitrogen and oxygen atoms in total. The predicted octanol–water partition coefficient (Wildman–Crippen LogP) is 0.0338. The molecule has 2 heterocycles. The van der Waals surface area contributed by atoms with Gasteiger partial charge in [-0.3, -0.25) is 9.59 Å². The highest BCUT2D eigenvalue weighted by Crippen LogP contribution is 2.46. The van der Waals surface area contributed by atoms with Crippen molar-refractivity contribution in [3.05, 3.63) is 45.7 Å². The average Bonchev–Trinajstić information content (AvgIpc) is 3.45. The number of aliphatic hydroxyl groups excluding tert-OH is 4. The molecule has 2 aromatic carbocycles. The van der Waals surface area contributed by atoms with E-state index in [1.807, 2.05) is 0 Å². The summed E-state index contributed by atoms with van der Waals surface area (Å²) in [6.45, 7) is -1.26. The van der Waals surface area contributed by atoms with Crippen LogP contribution in [0.15, 0.2) is 29.1 Å². The Hall–Kier alpha value is -3.64. The molecule has 0 saturated heterocycles. The Bertz CT molecular complexity index is 1410. The first-order chi connectivity index (χ1) is 16.8. The number of carbonyl (C=O) groups is 1. The molecule has 0 saturated carbocycles. The number of fused-ring (bicyclic) bond motifs is 6. The molecular weight excluding hydrogens is 462 g/mol. The molecule has 1 aliphatic carbocycles. The van der Waals surface area contributed by atoms with E-state index in [1.165, 1.54) is 24.9 Å². The van der Waals surface area contributed by atoms with Crippen molar-refractivity contribution in [3.8, 4) is 34.3 Å². The van der Waals surface area contributed by atoms with Crippen LogP contribution in [0.25, 0.3) is 22.0 Å². The predicted molar refractivity (Wildman–Crippen MR) is 121 cm³/mol. The Morgan fingerprint density at radius 1 is 0.914 bits per heavy atom. The van der Waals surface area contributed by atoms with E-state index in [1.54, 1.807) is 18.2 Å². The maximum absolute atomic E-state index is 13.7. The molecule has 1 aromatic heterocycles. The van der Waals surface area contributed by atoms with Gasteiger partial charge in [0.15, 0.2) is 28.8 Å². The van der Waals surface area contributed by atoms with Gasteiger partial charge in [-0.1, -0.05) is 0 Å². The smallest absolute Gasteiger partial charge is 0.259 e. The lowest BCUT2D eigenvalue weighted by Crippen LogP contribution is -2.43. The molecule has 5 rings (SSSR count). The molecule has 3 aromatic rings. The van der Waals surface area contributed by atoms with Gasteiger partial charge in [0.05, 0.1) is 44.0 Å². The maximum Gasteiger partial charge on any atom is 0.259 e. The summed E-state index contributed by atoms with van der Waals surface area (Å²) in [4.78, 5) is 27.3. The summed E-state index contributed by atoms with van der Waals surface area (Å²) in [6.07, 6.45) is -5.00. The number of methoxy groups -OCH3 is 2. The number of ketones is 1. The lowest BCUT2D eigenvalue weighted by molar-refractivity contribution is -0.0806. The number of aromatic nitrogens is 1. The minimum absolute atomic E-state index is 0.00918. The van der Waals surface area contributed by atoms with Gasteiger partial charge in [0.2, 0.25) is 6.79 Å². The fraction of sp³-hybridized carbons (Fsp3) is 0.333.